The van der Waals surface area contributed by atoms with Gasteiger partial charge in [-0.05, 0) is 45.6 Å². The first-order valence-corrected chi connectivity index (χ1v) is 13.1. The summed E-state index contributed by atoms with van der Waals surface area (Å²) >= 11 is 0. The van der Waals surface area contributed by atoms with Gasteiger partial charge in [-0.2, -0.15) is 0 Å². The third-order valence-electron chi connectivity index (χ3n) is 7.42. The zero-order valence-corrected chi connectivity index (χ0v) is 22.5. The van der Waals surface area contributed by atoms with Crippen molar-refractivity contribution in [2.75, 3.05) is 6.61 Å². The fourth-order valence-corrected chi connectivity index (χ4v) is 4.98. The molecule has 9 atom stereocenters. The maximum Gasteiger partial charge on any atom is 0.293 e. The third kappa shape index (κ3) is 8.21. The first kappa shape index (κ1) is 30.0. The molecule has 38 heavy (non-hydrogen) atoms. The van der Waals surface area contributed by atoms with Gasteiger partial charge in [0.25, 0.3) is 6.47 Å². The van der Waals surface area contributed by atoms with E-state index >= 15 is 0 Å². The van der Waals surface area contributed by atoms with Crippen LogP contribution in [0, 0.1) is 5.92 Å². The second-order valence-electron chi connectivity index (χ2n) is 10.5. The summed E-state index contributed by atoms with van der Waals surface area (Å²) in [6, 6.07) is -0.123. The minimum absolute atomic E-state index is 0.00290. The number of hydrogen-bond donors (Lipinski definition) is 4. The fraction of sp³-hybridized carbons (Fsp3) is 0.667. The van der Waals surface area contributed by atoms with Gasteiger partial charge in [0.05, 0.1) is 37.4 Å². The number of nitrogens with two attached hydrogens (primary N) is 1. The van der Waals surface area contributed by atoms with Crippen LogP contribution in [-0.2, 0) is 33.3 Å². The van der Waals surface area contributed by atoms with Crippen molar-refractivity contribution in [3.63, 3.8) is 0 Å². The van der Waals surface area contributed by atoms with Gasteiger partial charge in [-0.3, -0.25) is 19.8 Å². The number of hydrazine groups is 1. The van der Waals surface area contributed by atoms with E-state index in [0.717, 1.165) is 12.0 Å². The van der Waals surface area contributed by atoms with Crippen LogP contribution in [0.5, 0.6) is 0 Å². The summed E-state index contributed by atoms with van der Waals surface area (Å²) in [6.45, 7) is 8.48. The monoisotopic (exact) mass is 535 g/mol. The van der Waals surface area contributed by atoms with Crippen molar-refractivity contribution in [3.05, 3.63) is 36.0 Å². The molecular weight excluding hydrogens is 494 g/mol. The quantitative estimate of drug-likeness (QED) is 0.0574. The Kier molecular flexibility index (Phi) is 10.6. The van der Waals surface area contributed by atoms with Crippen LogP contribution in [0.25, 0.3) is 0 Å². The molecule has 0 bridgehead atoms. The first-order valence-electron chi connectivity index (χ1n) is 13.1. The lowest BCUT2D eigenvalue weighted by atomic mass is 9.87. The number of aliphatic hydroxyl groups is 1. The van der Waals surface area contributed by atoms with Gasteiger partial charge in [0.2, 0.25) is 11.8 Å². The number of hydrogen-bond acceptors (Lipinski definition) is 9. The molecule has 5 N–H and O–H groups in total. The number of allylic oxidation sites excluding steroid dienone is 2. The highest BCUT2D eigenvalue weighted by atomic mass is 16.6. The Bertz CT molecular complexity index is 931. The van der Waals surface area contributed by atoms with Crippen molar-refractivity contribution >= 4 is 18.3 Å². The molecule has 0 aromatic rings. The third-order valence-corrected chi connectivity index (χ3v) is 7.42. The molecule has 11 nitrogen and oxygen atoms in total. The van der Waals surface area contributed by atoms with E-state index in [4.69, 9.17) is 24.8 Å². The molecule has 3 heterocycles. The maximum absolute atomic E-state index is 12.3. The van der Waals surface area contributed by atoms with Crippen LogP contribution in [0.15, 0.2) is 36.0 Å². The van der Waals surface area contributed by atoms with Crippen molar-refractivity contribution in [2.24, 2.45) is 11.8 Å². The van der Waals surface area contributed by atoms with Gasteiger partial charge >= 0.3 is 0 Å². The normalized spacial score (nSPS) is 36.3. The van der Waals surface area contributed by atoms with E-state index in [2.05, 4.69) is 23.7 Å². The van der Waals surface area contributed by atoms with Gasteiger partial charge < -0.3 is 29.4 Å². The molecule has 212 valence electrons. The van der Waals surface area contributed by atoms with Crippen molar-refractivity contribution in [1.82, 2.24) is 10.7 Å². The molecular formula is C27H41N3O8. The molecule has 11 heteroatoms. The number of epoxide rings is 1. The summed E-state index contributed by atoms with van der Waals surface area (Å²) in [7, 11) is 0. The molecule has 0 radical (unpaired) electrons. The van der Waals surface area contributed by atoms with Crippen LogP contribution in [0.4, 0.5) is 0 Å². The summed E-state index contributed by atoms with van der Waals surface area (Å²) in [5.41, 5.74) is 2.45. The Balaban J connectivity index is 1.51. The van der Waals surface area contributed by atoms with Crippen molar-refractivity contribution < 1.29 is 38.4 Å². The largest absolute Gasteiger partial charge is 0.461 e. The SMILES string of the molecule is CC(/C=C/C1O[C@H](CC(=O)NN)CC2(CO2)[C@@H]1O)=C\CC1OC(C)C(NC(=O)/C=C\C(C)OC=O)CC1C. The summed E-state index contributed by atoms with van der Waals surface area (Å²) in [5.74, 6) is 4.84. The molecule has 3 fully saturated rings. The summed E-state index contributed by atoms with van der Waals surface area (Å²) in [5, 5.41) is 13.7. The Labute approximate surface area is 223 Å². The van der Waals surface area contributed by atoms with Gasteiger partial charge in [-0.15, -0.1) is 0 Å². The van der Waals surface area contributed by atoms with E-state index in [-0.39, 0.29) is 42.4 Å². The van der Waals surface area contributed by atoms with Crippen LogP contribution in [-0.4, -0.2) is 78.3 Å². The average Bonchev–Trinajstić information content (AvgIpc) is 3.65. The summed E-state index contributed by atoms with van der Waals surface area (Å²) in [6.07, 6.45) is 8.27. The summed E-state index contributed by atoms with van der Waals surface area (Å²) in [4.78, 5) is 34.3. The zero-order chi connectivity index (χ0) is 27.9. The van der Waals surface area contributed by atoms with Gasteiger partial charge in [0.15, 0.2) is 0 Å². The van der Waals surface area contributed by atoms with Gasteiger partial charge in [0, 0.05) is 12.5 Å². The Morgan fingerprint density at radius 3 is 2.66 bits per heavy atom. The van der Waals surface area contributed by atoms with E-state index < -0.39 is 30.0 Å². The Hall–Kier alpha value is -2.57. The minimum atomic E-state index is -0.811. The van der Waals surface area contributed by atoms with Gasteiger partial charge in [0.1, 0.15) is 23.9 Å². The van der Waals surface area contributed by atoms with Gasteiger partial charge in [-0.1, -0.05) is 30.7 Å². The topological polar surface area (TPSA) is 162 Å². The van der Waals surface area contributed by atoms with Crippen molar-refractivity contribution in [1.29, 1.82) is 0 Å². The zero-order valence-electron chi connectivity index (χ0n) is 22.5. The highest BCUT2D eigenvalue weighted by Gasteiger charge is 2.58. The predicted molar refractivity (Wildman–Crippen MR) is 138 cm³/mol. The molecule has 3 saturated heterocycles. The molecule has 0 aliphatic carbocycles. The van der Waals surface area contributed by atoms with E-state index in [9.17, 15) is 19.5 Å². The molecule has 0 aromatic carbocycles. The molecule has 0 aromatic heterocycles. The molecule has 2 amide bonds. The first-order chi connectivity index (χ1) is 18.1. The van der Waals surface area contributed by atoms with E-state index in [1.807, 2.05) is 19.9 Å². The lowest BCUT2D eigenvalue weighted by Gasteiger charge is -2.39. The molecule has 0 saturated carbocycles. The Morgan fingerprint density at radius 2 is 2.00 bits per heavy atom. The smallest absolute Gasteiger partial charge is 0.293 e. The van der Waals surface area contributed by atoms with Gasteiger partial charge in [-0.25, -0.2) is 5.84 Å². The highest BCUT2D eigenvalue weighted by molar-refractivity contribution is 5.87. The second kappa shape index (κ2) is 13.5. The number of aliphatic hydroxyl groups excluding tert-OH is 1. The average molecular weight is 536 g/mol. The van der Waals surface area contributed by atoms with Crippen molar-refractivity contribution in [3.8, 4) is 0 Å². The minimum Gasteiger partial charge on any atom is -0.461 e. The van der Waals surface area contributed by atoms with E-state index in [0.29, 0.717) is 25.9 Å². The van der Waals surface area contributed by atoms with Crippen molar-refractivity contribution in [2.45, 2.75) is 102 Å². The standard InChI is InChI=1S/C27H41N3O8/c1-16(6-9-23-26(34)27(14-36-27)13-20(38-23)12-25(33)30-28)5-8-22-17(2)11-21(19(4)37-22)29-24(32)10-7-18(3)35-15-31/h5-7,9-10,15,17-23,26,34H,8,11-14,28H2,1-4H3,(H,29,32)(H,30,33)/b9-6+,10-7-,16-5+/t17?,18?,19?,20-,21?,22?,23?,26-,27?/m1/s1. The number of nitrogens with one attached hydrogen (secondary N) is 2. The Morgan fingerprint density at radius 1 is 1.26 bits per heavy atom. The van der Waals surface area contributed by atoms with Crippen LogP contribution in [0.2, 0.25) is 0 Å². The second-order valence-corrected chi connectivity index (χ2v) is 10.5. The summed E-state index contributed by atoms with van der Waals surface area (Å²) < 4.78 is 22.5. The number of ether oxygens (including phenoxy) is 4. The van der Waals surface area contributed by atoms with Crippen LogP contribution >= 0.6 is 0 Å². The number of carbonyl (C=O) groups is 3. The number of amides is 2. The fourth-order valence-electron chi connectivity index (χ4n) is 4.98. The molecule has 3 aliphatic heterocycles. The lowest BCUT2D eigenvalue weighted by Crippen LogP contribution is -2.51. The maximum atomic E-state index is 12.3. The van der Waals surface area contributed by atoms with Crippen LogP contribution in [0.1, 0.15) is 53.4 Å². The molecule has 3 rings (SSSR count). The molecule has 7 unspecified atom stereocenters. The molecule has 3 aliphatic rings. The molecule has 1 spiro atoms. The van der Waals surface area contributed by atoms with E-state index in [1.54, 1.807) is 13.0 Å². The predicted octanol–water partition coefficient (Wildman–Crippen LogP) is 0.962. The lowest BCUT2D eigenvalue weighted by molar-refractivity contribution is -0.145. The van der Waals surface area contributed by atoms with Crippen LogP contribution < -0.4 is 16.6 Å². The van der Waals surface area contributed by atoms with E-state index in [1.165, 1.54) is 12.2 Å². The number of carbonyl (C=O) groups excluding carboxylic acids is 3. The van der Waals surface area contributed by atoms with Crippen LogP contribution in [0.3, 0.4) is 0 Å². The highest BCUT2D eigenvalue weighted by Crippen LogP contribution is 2.43. The number of rotatable bonds is 11.